The van der Waals surface area contributed by atoms with Crippen molar-refractivity contribution in [1.29, 1.82) is 0 Å². The highest BCUT2D eigenvalue weighted by atomic mass is 16.6. The summed E-state index contributed by atoms with van der Waals surface area (Å²) >= 11 is 0. The van der Waals surface area contributed by atoms with Gasteiger partial charge in [0.2, 0.25) is 0 Å². The van der Waals surface area contributed by atoms with Crippen LogP contribution in [0.2, 0.25) is 0 Å². The van der Waals surface area contributed by atoms with Gasteiger partial charge in [0.25, 0.3) is 0 Å². The molecule has 0 aliphatic rings. The molecule has 0 amide bonds. The Kier molecular flexibility index (Phi) is 44.6. The number of ether oxygens (including phenoxy) is 3. The minimum absolute atomic E-state index is 0.103. The molecule has 6 heteroatoms. The maximum absolute atomic E-state index is 12.8. The van der Waals surface area contributed by atoms with Crippen molar-refractivity contribution in [3.05, 3.63) is 109 Å². The minimum Gasteiger partial charge on any atom is -0.462 e. The fourth-order valence-electron chi connectivity index (χ4n) is 6.08. The van der Waals surface area contributed by atoms with E-state index in [2.05, 4.69) is 69.4 Å². The van der Waals surface area contributed by atoms with Crippen LogP contribution in [0.5, 0.6) is 0 Å². The summed E-state index contributed by atoms with van der Waals surface area (Å²) in [5, 5.41) is 0. The number of carbonyl (C=O) groups excluding carboxylic acids is 3. The zero-order chi connectivity index (χ0) is 43.7. The molecule has 0 aromatic carbocycles. The second kappa shape index (κ2) is 47.7. The molecule has 0 fully saturated rings. The molecule has 338 valence electrons. The molecular weight excluding hydrogens is 745 g/mol. The number of allylic oxidation sites excluding steroid dienone is 18. The van der Waals surface area contributed by atoms with E-state index in [9.17, 15) is 14.4 Å². The van der Waals surface area contributed by atoms with Crippen LogP contribution in [0.25, 0.3) is 0 Å². The SMILES string of the molecule is CC\C=C/C=C\C=C/C=C\C=C\C=C/CCCCCC(=O)OCC(COC(=O)CCCCCCC/C=C\CCCC)OC(=O)CCCCCCCCC/C=C\C/C=C\CC. The van der Waals surface area contributed by atoms with Crippen molar-refractivity contribution in [3.8, 4) is 0 Å². The molecule has 0 rings (SSSR count). The number of carbonyl (C=O) groups is 3. The molecule has 0 aromatic rings. The van der Waals surface area contributed by atoms with Gasteiger partial charge in [-0.3, -0.25) is 14.4 Å². The molecule has 0 aliphatic carbocycles. The monoisotopic (exact) mass is 831 g/mol. The molecule has 0 heterocycles. The molecule has 0 N–H and O–H groups in total. The summed E-state index contributed by atoms with van der Waals surface area (Å²) < 4.78 is 16.7. The molecule has 0 saturated heterocycles. The van der Waals surface area contributed by atoms with Crippen molar-refractivity contribution in [2.45, 2.75) is 200 Å². The number of hydrogen-bond donors (Lipinski definition) is 0. The van der Waals surface area contributed by atoms with Crippen molar-refractivity contribution in [1.82, 2.24) is 0 Å². The Morgan fingerprint density at radius 1 is 0.367 bits per heavy atom. The van der Waals surface area contributed by atoms with Crippen LogP contribution in [0.1, 0.15) is 194 Å². The van der Waals surface area contributed by atoms with Gasteiger partial charge in [-0.25, -0.2) is 0 Å². The highest BCUT2D eigenvalue weighted by Gasteiger charge is 2.19. The van der Waals surface area contributed by atoms with E-state index in [1.54, 1.807) is 0 Å². The Bertz CT molecular complexity index is 1280. The molecule has 0 radical (unpaired) electrons. The smallest absolute Gasteiger partial charge is 0.306 e. The first kappa shape index (κ1) is 56.1. The molecule has 1 atom stereocenters. The van der Waals surface area contributed by atoms with Crippen LogP contribution in [0.3, 0.4) is 0 Å². The molecule has 0 aromatic heterocycles. The minimum atomic E-state index is -0.804. The average Bonchev–Trinajstić information content (AvgIpc) is 3.24. The quantitative estimate of drug-likeness (QED) is 0.0201. The summed E-state index contributed by atoms with van der Waals surface area (Å²) in [6.45, 7) is 6.27. The zero-order valence-electron chi connectivity index (χ0n) is 38.4. The van der Waals surface area contributed by atoms with Gasteiger partial charge in [0.05, 0.1) is 0 Å². The summed E-state index contributed by atoms with van der Waals surface area (Å²) in [4.78, 5) is 37.8. The lowest BCUT2D eigenvalue weighted by Crippen LogP contribution is -2.30. The van der Waals surface area contributed by atoms with E-state index in [0.29, 0.717) is 19.3 Å². The van der Waals surface area contributed by atoms with E-state index in [0.717, 1.165) is 103 Å². The van der Waals surface area contributed by atoms with Gasteiger partial charge in [0.15, 0.2) is 6.10 Å². The summed E-state index contributed by atoms with van der Waals surface area (Å²) in [6.07, 6.45) is 63.5. The molecule has 0 spiro atoms. The van der Waals surface area contributed by atoms with Crippen LogP contribution in [-0.2, 0) is 28.6 Å². The Morgan fingerprint density at radius 2 is 0.733 bits per heavy atom. The van der Waals surface area contributed by atoms with Crippen LogP contribution in [0, 0.1) is 0 Å². The predicted molar refractivity (Wildman–Crippen MR) is 256 cm³/mol. The molecule has 0 aliphatic heterocycles. The van der Waals surface area contributed by atoms with Gasteiger partial charge in [0, 0.05) is 19.3 Å². The first-order valence-corrected chi connectivity index (χ1v) is 24.0. The second-order valence-electron chi connectivity index (χ2n) is 15.4. The maximum atomic E-state index is 12.8. The lowest BCUT2D eigenvalue weighted by atomic mass is 10.1. The summed E-state index contributed by atoms with van der Waals surface area (Å²) in [7, 11) is 0. The molecule has 0 bridgehead atoms. The number of esters is 3. The van der Waals surface area contributed by atoms with E-state index in [1.807, 2.05) is 60.8 Å². The standard InChI is InChI=1S/C54H86O6/c1-4-7-10-13-16-19-22-24-26-27-28-30-32-35-38-41-44-47-53(56)59-50-51(49-58-52(55)46-43-40-37-34-31-21-18-15-12-9-6-3)60-54(57)48-45-42-39-36-33-29-25-23-20-17-14-11-8-5-2/h7-8,10-11,13,15-20,22,24,26-28,30,32,51H,4-6,9,12,14,21,23,25,29,31,33-50H2,1-3H3/b10-7-,11-8-,16-13-,18-15-,20-17-,22-19-,26-24-,28-27+,32-30-. The van der Waals surface area contributed by atoms with E-state index in [1.165, 1.54) is 51.4 Å². The largest absolute Gasteiger partial charge is 0.462 e. The van der Waals surface area contributed by atoms with E-state index in [4.69, 9.17) is 14.2 Å². The van der Waals surface area contributed by atoms with E-state index in [-0.39, 0.29) is 31.1 Å². The number of hydrogen-bond acceptors (Lipinski definition) is 6. The fraction of sp³-hybridized carbons (Fsp3) is 0.611. The molecule has 6 nitrogen and oxygen atoms in total. The first-order valence-electron chi connectivity index (χ1n) is 24.0. The highest BCUT2D eigenvalue weighted by molar-refractivity contribution is 5.71. The van der Waals surface area contributed by atoms with Gasteiger partial charge in [-0.15, -0.1) is 0 Å². The molecule has 60 heavy (non-hydrogen) atoms. The predicted octanol–water partition coefficient (Wildman–Crippen LogP) is 15.6. The van der Waals surface area contributed by atoms with Gasteiger partial charge < -0.3 is 14.2 Å². The van der Waals surface area contributed by atoms with Crippen molar-refractivity contribution >= 4 is 17.9 Å². The Hall–Kier alpha value is -3.93. The zero-order valence-corrected chi connectivity index (χ0v) is 38.4. The van der Waals surface area contributed by atoms with Crippen LogP contribution in [0.15, 0.2) is 109 Å². The lowest BCUT2D eigenvalue weighted by molar-refractivity contribution is -0.167. The Morgan fingerprint density at radius 3 is 1.23 bits per heavy atom. The van der Waals surface area contributed by atoms with Gasteiger partial charge in [-0.1, -0.05) is 201 Å². The van der Waals surface area contributed by atoms with E-state index >= 15 is 0 Å². The summed E-state index contributed by atoms with van der Waals surface area (Å²) in [6, 6.07) is 0. The van der Waals surface area contributed by atoms with Gasteiger partial charge in [-0.2, -0.15) is 0 Å². The summed E-state index contributed by atoms with van der Waals surface area (Å²) in [5.74, 6) is -0.975. The lowest BCUT2D eigenvalue weighted by Gasteiger charge is -2.18. The summed E-state index contributed by atoms with van der Waals surface area (Å²) in [5.41, 5.74) is 0. The van der Waals surface area contributed by atoms with Crippen molar-refractivity contribution in [2.75, 3.05) is 13.2 Å². The van der Waals surface area contributed by atoms with Crippen molar-refractivity contribution < 1.29 is 28.6 Å². The second-order valence-corrected chi connectivity index (χ2v) is 15.4. The Labute approximate surface area is 368 Å². The number of rotatable bonds is 41. The molecular formula is C54H86O6. The van der Waals surface area contributed by atoms with Crippen LogP contribution >= 0.6 is 0 Å². The number of unbranched alkanes of at least 4 members (excludes halogenated alkanes) is 17. The van der Waals surface area contributed by atoms with Gasteiger partial charge in [0.1, 0.15) is 13.2 Å². The van der Waals surface area contributed by atoms with Crippen LogP contribution in [-0.4, -0.2) is 37.2 Å². The van der Waals surface area contributed by atoms with Crippen molar-refractivity contribution in [3.63, 3.8) is 0 Å². The fourth-order valence-corrected chi connectivity index (χ4v) is 6.08. The third-order valence-electron chi connectivity index (χ3n) is 9.65. The highest BCUT2D eigenvalue weighted by Crippen LogP contribution is 2.13. The third-order valence-corrected chi connectivity index (χ3v) is 9.65. The van der Waals surface area contributed by atoms with Crippen LogP contribution < -0.4 is 0 Å². The molecule has 1 unspecified atom stereocenters. The first-order chi connectivity index (χ1) is 29.5. The molecule has 0 saturated carbocycles. The van der Waals surface area contributed by atoms with Gasteiger partial charge in [-0.05, 0) is 83.5 Å². The normalized spacial score (nSPS) is 13.1. The van der Waals surface area contributed by atoms with Crippen LogP contribution in [0.4, 0.5) is 0 Å². The van der Waals surface area contributed by atoms with Gasteiger partial charge >= 0.3 is 17.9 Å². The van der Waals surface area contributed by atoms with Crippen molar-refractivity contribution in [2.24, 2.45) is 0 Å². The topological polar surface area (TPSA) is 78.9 Å². The van der Waals surface area contributed by atoms with E-state index < -0.39 is 6.10 Å². The average molecular weight is 831 g/mol. The Balaban J connectivity index is 4.51. The third kappa shape index (κ3) is 45.2. The maximum Gasteiger partial charge on any atom is 0.306 e.